The minimum absolute atomic E-state index is 0.0835. The maximum absolute atomic E-state index is 12.9. The van der Waals surface area contributed by atoms with Gasteiger partial charge in [0.2, 0.25) is 12.0 Å². The number of nitrogens with zero attached hydrogens (tertiary/aromatic N) is 2. The molecule has 57 heavy (non-hydrogen) atoms. The van der Waals surface area contributed by atoms with E-state index in [9.17, 15) is 19.5 Å². The van der Waals surface area contributed by atoms with Gasteiger partial charge in [0, 0.05) is 54.4 Å². The van der Waals surface area contributed by atoms with Crippen molar-refractivity contribution >= 4 is 29.6 Å². The maximum atomic E-state index is 12.9. The number of carboxylic acids is 1. The molecule has 0 spiro atoms. The Morgan fingerprint density at radius 3 is 2.11 bits per heavy atom. The van der Waals surface area contributed by atoms with Crippen molar-refractivity contribution in [3.05, 3.63) is 95.6 Å². The molecule has 4 N–H and O–H groups in total. The fraction of sp³-hybridized carbons (Fsp3) is 0.413. The van der Waals surface area contributed by atoms with Gasteiger partial charge in [0.15, 0.2) is 0 Å². The molecule has 3 aromatic carbocycles. The lowest BCUT2D eigenvalue weighted by Crippen LogP contribution is -2.30. The Morgan fingerprint density at radius 1 is 0.807 bits per heavy atom. The second-order valence-corrected chi connectivity index (χ2v) is 14.9. The number of hydrogen-bond acceptors (Lipinski definition) is 7. The van der Waals surface area contributed by atoms with Gasteiger partial charge in [0.1, 0.15) is 5.82 Å². The maximum Gasteiger partial charge on any atom is 0.348 e. The second-order valence-electron chi connectivity index (χ2n) is 14.9. The molecule has 2 unspecified atom stereocenters. The van der Waals surface area contributed by atoms with Crippen molar-refractivity contribution in [3.8, 4) is 33.9 Å². The molecule has 2 aliphatic rings. The standard InChI is InChI=1S/C46H55N5O6/c1-2-3-4-5-6-7-8-9-10-11-28-47-45(53)37-25-23-36(24-26-37)44-49-42(34-17-14-32(15-18-34)16-27-41(52)48-31-38-13-12-29-56-38)43(50-44)35-21-19-33(20-22-35)39-30-40(46(54)55)57-51-39/h14-27,38,40H,2-13,28-31H2,1H3,(H,47,53)(H,48,52)(H,49,50)(H,54,55). The van der Waals surface area contributed by atoms with E-state index in [4.69, 9.17) is 14.6 Å². The Kier molecular flexibility index (Phi) is 15.2. The predicted octanol–water partition coefficient (Wildman–Crippen LogP) is 8.95. The SMILES string of the molecule is CCCCCCCCCCCCNC(=O)c1ccc(-c2nc(-c3ccc(C4=NOC(C(=O)O)C4)cc3)c(-c3ccc(C=CC(=O)NCC4CCCO4)cc3)[nH]2)cc1. The van der Waals surface area contributed by atoms with Crippen LogP contribution in [0.2, 0.25) is 0 Å². The van der Waals surface area contributed by atoms with Gasteiger partial charge < -0.3 is 30.3 Å². The highest BCUT2D eigenvalue weighted by atomic mass is 16.7. The van der Waals surface area contributed by atoms with Crippen LogP contribution >= 0.6 is 0 Å². The van der Waals surface area contributed by atoms with Gasteiger partial charge in [-0.25, -0.2) is 9.78 Å². The molecule has 11 nitrogen and oxygen atoms in total. The van der Waals surface area contributed by atoms with Crippen LogP contribution in [0.25, 0.3) is 40.0 Å². The lowest BCUT2D eigenvalue weighted by molar-refractivity contribution is -0.148. The minimum atomic E-state index is -1.05. The van der Waals surface area contributed by atoms with Gasteiger partial charge in [0.25, 0.3) is 5.91 Å². The predicted molar refractivity (Wildman–Crippen MR) is 224 cm³/mol. The van der Waals surface area contributed by atoms with Gasteiger partial charge in [-0.05, 0) is 48.6 Å². The number of ether oxygens (including phenoxy) is 1. The van der Waals surface area contributed by atoms with Crippen LogP contribution in [-0.2, 0) is 19.2 Å². The van der Waals surface area contributed by atoms with Crippen LogP contribution in [0, 0.1) is 0 Å². The van der Waals surface area contributed by atoms with Gasteiger partial charge in [-0.1, -0.05) is 131 Å². The van der Waals surface area contributed by atoms with Gasteiger partial charge in [-0.3, -0.25) is 9.59 Å². The number of carbonyl (C=O) groups is 3. The van der Waals surface area contributed by atoms with E-state index in [0.29, 0.717) is 30.2 Å². The second kappa shape index (κ2) is 21.1. The van der Waals surface area contributed by atoms with Crippen molar-refractivity contribution in [2.75, 3.05) is 19.7 Å². The molecule has 1 aromatic heterocycles. The summed E-state index contributed by atoms with van der Waals surface area (Å²) in [5.74, 6) is -0.646. The Hall–Kier alpha value is -5.55. The van der Waals surface area contributed by atoms with E-state index >= 15 is 0 Å². The normalized spacial score (nSPS) is 16.4. The molecule has 0 aliphatic carbocycles. The molecular weight excluding hydrogens is 719 g/mol. The summed E-state index contributed by atoms with van der Waals surface area (Å²) >= 11 is 0. The van der Waals surface area contributed by atoms with E-state index in [1.54, 1.807) is 6.08 Å². The third kappa shape index (κ3) is 12.0. The first-order chi connectivity index (χ1) is 27.9. The van der Waals surface area contributed by atoms with Crippen molar-refractivity contribution in [2.24, 2.45) is 5.16 Å². The number of oxime groups is 1. The average molecular weight is 774 g/mol. The van der Waals surface area contributed by atoms with Gasteiger partial charge >= 0.3 is 5.97 Å². The van der Waals surface area contributed by atoms with Crippen LogP contribution in [0.5, 0.6) is 0 Å². The van der Waals surface area contributed by atoms with Crippen molar-refractivity contribution in [1.82, 2.24) is 20.6 Å². The lowest BCUT2D eigenvalue weighted by atomic mass is 10.00. The number of aliphatic carboxylic acids is 1. The molecule has 4 aromatic rings. The Balaban J connectivity index is 1.11. The molecular formula is C46H55N5O6. The van der Waals surface area contributed by atoms with Crippen LogP contribution < -0.4 is 10.6 Å². The smallest absolute Gasteiger partial charge is 0.348 e. The molecule has 300 valence electrons. The van der Waals surface area contributed by atoms with E-state index < -0.39 is 12.1 Å². The molecule has 3 heterocycles. The highest BCUT2D eigenvalue weighted by Gasteiger charge is 2.28. The highest BCUT2D eigenvalue weighted by Crippen LogP contribution is 2.34. The van der Waals surface area contributed by atoms with E-state index in [2.05, 4.69) is 27.7 Å². The summed E-state index contributed by atoms with van der Waals surface area (Å²) in [6.07, 6.45) is 17.1. The number of amides is 2. The molecule has 11 heteroatoms. The fourth-order valence-electron chi connectivity index (χ4n) is 7.14. The molecule has 1 saturated heterocycles. The summed E-state index contributed by atoms with van der Waals surface area (Å²) in [5.41, 5.74) is 6.92. The number of benzene rings is 3. The van der Waals surface area contributed by atoms with Gasteiger partial charge in [-0.2, -0.15) is 0 Å². The number of hydrogen-bond donors (Lipinski definition) is 4. The highest BCUT2D eigenvalue weighted by molar-refractivity contribution is 6.03. The van der Waals surface area contributed by atoms with Crippen molar-refractivity contribution in [1.29, 1.82) is 0 Å². The largest absolute Gasteiger partial charge is 0.478 e. The van der Waals surface area contributed by atoms with Crippen LogP contribution in [-0.4, -0.2) is 70.5 Å². The zero-order chi connectivity index (χ0) is 39.8. The van der Waals surface area contributed by atoms with Gasteiger partial charge in [-0.15, -0.1) is 0 Å². The topological polar surface area (TPSA) is 155 Å². The molecule has 0 saturated carbocycles. The zero-order valence-electron chi connectivity index (χ0n) is 32.9. The van der Waals surface area contributed by atoms with Crippen molar-refractivity contribution in [2.45, 2.75) is 103 Å². The number of carbonyl (C=O) groups excluding carboxylic acids is 2. The van der Waals surface area contributed by atoms with Gasteiger partial charge in [0.05, 0.1) is 23.2 Å². The number of aromatic nitrogens is 2. The summed E-state index contributed by atoms with van der Waals surface area (Å²) in [4.78, 5) is 50.4. The summed E-state index contributed by atoms with van der Waals surface area (Å²) < 4.78 is 5.59. The number of nitrogens with one attached hydrogen (secondary N) is 3. The molecule has 2 aliphatic heterocycles. The molecule has 2 atom stereocenters. The Labute approximate surface area is 335 Å². The van der Waals surface area contributed by atoms with Crippen LogP contribution in [0.3, 0.4) is 0 Å². The summed E-state index contributed by atoms with van der Waals surface area (Å²) in [5, 5.41) is 19.3. The number of aromatic amines is 1. The molecule has 0 radical (unpaired) electrons. The van der Waals surface area contributed by atoms with Crippen molar-refractivity contribution in [3.63, 3.8) is 0 Å². The third-order valence-corrected chi connectivity index (χ3v) is 10.5. The summed E-state index contributed by atoms with van der Waals surface area (Å²) in [6.45, 7) is 4.17. The van der Waals surface area contributed by atoms with Crippen LogP contribution in [0.15, 0.2) is 84.0 Å². The molecule has 0 bridgehead atoms. The first-order valence-corrected chi connectivity index (χ1v) is 20.6. The van der Waals surface area contributed by atoms with E-state index in [1.165, 1.54) is 57.4 Å². The molecule has 2 amide bonds. The molecule has 1 fully saturated rings. The van der Waals surface area contributed by atoms with E-state index in [0.717, 1.165) is 71.5 Å². The fourth-order valence-corrected chi connectivity index (χ4v) is 7.14. The monoisotopic (exact) mass is 773 g/mol. The number of H-pyrrole nitrogens is 1. The Morgan fingerprint density at radius 2 is 1.46 bits per heavy atom. The minimum Gasteiger partial charge on any atom is -0.478 e. The summed E-state index contributed by atoms with van der Waals surface area (Å²) in [6, 6.07) is 23.0. The average Bonchev–Trinajstić information content (AvgIpc) is 4.04. The number of unbranched alkanes of at least 4 members (excludes halogenated alkanes) is 9. The molecule has 6 rings (SSSR count). The van der Waals surface area contributed by atoms with Crippen LogP contribution in [0.4, 0.5) is 0 Å². The first-order valence-electron chi connectivity index (χ1n) is 20.6. The van der Waals surface area contributed by atoms with E-state index in [1.807, 2.05) is 72.8 Å². The van der Waals surface area contributed by atoms with Crippen LogP contribution in [0.1, 0.15) is 112 Å². The summed E-state index contributed by atoms with van der Waals surface area (Å²) in [7, 11) is 0. The quantitative estimate of drug-likeness (QED) is 0.0487. The number of imidazole rings is 1. The van der Waals surface area contributed by atoms with Crippen molar-refractivity contribution < 1.29 is 29.1 Å². The Bertz CT molecular complexity index is 1980. The zero-order valence-corrected chi connectivity index (χ0v) is 32.9. The number of rotatable bonds is 21. The lowest BCUT2D eigenvalue weighted by Gasteiger charge is -2.08. The van der Waals surface area contributed by atoms with E-state index in [-0.39, 0.29) is 24.3 Å². The third-order valence-electron chi connectivity index (χ3n) is 10.5. The first kappa shape index (κ1) is 41.1. The number of carboxylic acid groups (broad SMARTS) is 1.